The monoisotopic (exact) mass is 342 g/mol. The highest BCUT2D eigenvalue weighted by Gasteiger charge is 2.24. The maximum atomic E-state index is 12.2. The topological polar surface area (TPSA) is 70.6 Å². The summed E-state index contributed by atoms with van der Waals surface area (Å²) in [5.41, 5.74) is -0.191. The Balaban J connectivity index is 1.90. The van der Waals surface area contributed by atoms with Crippen molar-refractivity contribution >= 4 is 23.1 Å². The third kappa shape index (κ3) is 5.19. The molecule has 2 rings (SSSR count). The molecule has 1 aromatic carbocycles. The Hall–Kier alpha value is -2.19. The Morgan fingerprint density at radius 3 is 2.87 bits per heavy atom. The zero-order chi connectivity index (χ0) is 16.9. The molecule has 8 heteroatoms. The van der Waals surface area contributed by atoms with Gasteiger partial charge in [0.25, 0.3) is 0 Å². The second-order valence-electron chi connectivity index (χ2n) is 5.00. The van der Waals surface area contributed by atoms with Crippen molar-refractivity contribution in [2.24, 2.45) is 0 Å². The van der Waals surface area contributed by atoms with Crippen LogP contribution in [0.15, 0.2) is 41.1 Å². The van der Waals surface area contributed by atoms with Gasteiger partial charge in [-0.2, -0.15) is 20.1 Å². The van der Waals surface area contributed by atoms with Gasteiger partial charge in [-0.05, 0) is 41.4 Å². The molecule has 0 aliphatic rings. The van der Waals surface area contributed by atoms with E-state index in [4.69, 9.17) is 0 Å². The van der Waals surface area contributed by atoms with Crippen LogP contribution in [0.2, 0.25) is 0 Å². The lowest BCUT2D eigenvalue weighted by Gasteiger charge is -2.22. The number of nitrogens with one attached hydrogen (secondary N) is 2. The van der Waals surface area contributed by atoms with E-state index in [1.165, 1.54) is 35.6 Å². The van der Waals surface area contributed by atoms with Gasteiger partial charge < -0.3 is 20.5 Å². The molecule has 0 unspecified atom stereocenters. The lowest BCUT2D eigenvalue weighted by molar-refractivity contribution is -0.0498. The number of carbonyl (C=O) groups is 1. The van der Waals surface area contributed by atoms with Crippen LogP contribution < -0.4 is 15.4 Å². The average molecular weight is 342 g/mol. The second-order valence-corrected chi connectivity index (χ2v) is 5.78. The van der Waals surface area contributed by atoms with Gasteiger partial charge in [0.05, 0.1) is 6.54 Å². The van der Waals surface area contributed by atoms with Gasteiger partial charge in [-0.1, -0.05) is 6.07 Å². The molecular weight excluding hydrogens is 326 g/mol. The average Bonchev–Trinajstić information content (AvgIpc) is 3.00. The van der Waals surface area contributed by atoms with Gasteiger partial charge in [-0.3, -0.25) is 0 Å². The summed E-state index contributed by atoms with van der Waals surface area (Å²) in [6.07, 6.45) is 0. The van der Waals surface area contributed by atoms with Crippen LogP contribution in [0.25, 0.3) is 0 Å². The number of rotatable bonds is 6. The van der Waals surface area contributed by atoms with Gasteiger partial charge in [0.2, 0.25) is 0 Å². The van der Waals surface area contributed by atoms with Crippen molar-refractivity contribution in [3.05, 3.63) is 46.7 Å². The highest BCUT2D eigenvalue weighted by molar-refractivity contribution is 7.08. The Kier molecular flexibility index (Phi) is 5.51. The number of thiophene rings is 1. The third-order valence-corrected chi connectivity index (χ3v) is 3.74. The fourth-order valence-electron chi connectivity index (χ4n) is 1.85. The molecule has 0 saturated carbocycles. The zero-order valence-corrected chi connectivity index (χ0v) is 13.1. The van der Waals surface area contributed by atoms with Crippen molar-refractivity contribution in [1.29, 1.82) is 0 Å². The van der Waals surface area contributed by atoms with Crippen molar-refractivity contribution in [1.82, 2.24) is 5.32 Å². The Bertz CT molecular complexity index is 648. The fraction of sp³-hybridized carbons (Fsp3) is 0.267. The molecule has 0 aliphatic carbocycles. The van der Waals surface area contributed by atoms with Crippen LogP contribution in [0, 0.1) is 0 Å². The maximum Gasteiger partial charge on any atom is 0.387 e. The molecule has 23 heavy (non-hydrogen) atoms. The van der Waals surface area contributed by atoms with Crippen LogP contribution in [-0.4, -0.2) is 24.3 Å². The van der Waals surface area contributed by atoms with E-state index in [9.17, 15) is 18.7 Å². The molecule has 1 atom stereocenters. The van der Waals surface area contributed by atoms with Crippen LogP contribution in [0.3, 0.4) is 0 Å². The number of urea groups is 1. The van der Waals surface area contributed by atoms with Crippen molar-refractivity contribution in [2.75, 3.05) is 11.9 Å². The van der Waals surface area contributed by atoms with Crippen molar-refractivity contribution in [2.45, 2.75) is 19.1 Å². The summed E-state index contributed by atoms with van der Waals surface area (Å²) >= 11 is 1.45. The molecular formula is C15H16F2N2O3S. The van der Waals surface area contributed by atoms with Gasteiger partial charge in [0, 0.05) is 11.8 Å². The Morgan fingerprint density at radius 1 is 1.43 bits per heavy atom. The predicted octanol–water partition coefficient (Wildman–Crippen LogP) is 3.38. The summed E-state index contributed by atoms with van der Waals surface area (Å²) in [4.78, 5) is 11.8. The summed E-state index contributed by atoms with van der Waals surface area (Å²) in [7, 11) is 0. The van der Waals surface area contributed by atoms with Crippen LogP contribution in [-0.2, 0) is 5.60 Å². The molecule has 3 N–H and O–H groups in total. The van der Waals surface area contributed by atoms with Crippen LogP contribution in [0.1, 0.15) is 12.5 Å². The SMILES string of the molecule is C[C@](O)(CNC(=O)Nc1cccc(OC(F)F)c1)c1ccsc1. The number of hydrogen-bond donors (Lipinski definition) is 3. The quantitative estimate of drug-likeness (QED) is 0.754. The molecule has 0 radical (unpaired) electrons. The molecule has 5 nitrogen and oxygen atoms in total. The summed E-state index contributed by atoms with van der Waals surface area (Å²) in [6, 6.07) is 6.87. The normalized spacial score (nSPS) is 13.4. The number of hydrogen-bond acceptors (Lipinski definition) is 4. The van der Waals surface area contributed by atoms with Gasteiger partial charge in [-0.15, -0.1) is 0 Å². The van der Waals surface area contributed by atoms with E-state index in [-0.39, 0.29) is 12.3 Å². The minimum Gasteiger partial charge on any atom is -0.435 e. The first kappa shape index (κ1) is 17.2. The number of alkyl halides is 2. The molecule has 124 valence electrons. The minimum atomic E-state index is -2.93. The number of ether oxygens (including phenoxy) is 1. The number of amides is 2. The van der Waals surface area contributed by atoms with E-state index in [2.05, 4.69) is 15.4 Å². The van der Waals surface area contributed by atoms with Crippen molar-refractivity contribution in [3.63, 3.8) is 0 Å². The molecule has 2 aromatic rings. The summed E-state index contributed by atoms with van der Waals surface area (Å²) in [5, 5.41) is 18.9. The first-order valence-electron chi connectivity index (χ1n) is 6.71. The summed E-state index contributed by atoms with van der Waals surface area (Å²) in [6.45, 7) is -1.34. The lowest BCUT2D eigenvalue weighted by atomic mass is 9.99. The first-order chi connectivity index (χ1) is 10.9. The first-order valence-corrected chi connectivity index (χ1v) is 7.66. The van der Waals surface area contributed by atoms with E-state index in [0.29, 0.717) is 11.3 Å². The number of halogens is 2. The zero-order valence-electron chi connectivity index (χ0n) is 12.3. The molecule has 0 bridgehead atoms. The smallest absolute Gasteiger partial charge is 0.387 e. The molecule has 1 aromatic heterocycles. The van der Waals surface area contributed by atoms with Gasteiger partial charge in [0.15, 0.2) is 0 Å². The predicted molar refractivity (Wildman–Crippen MR) is 84.0 cm³/mol. The number of anilines is 1. The van der Waals surface area contributed by atoms with Crippen LogP contribution >= 0.6 is 11.3 Å². The standard InChI is InChI=1S/C15H16F2N2O3S/c1-15(21,10-5-6-23-8-10)9-18-14(20)19-11-3-2-4-12(7-11)22-13(16)17/h2-8,13,21H,9H2,1H3,(H2,18,19,20)/t15-/m0/s1. The van der Waals surface area contributed by atoms with E-state index in [0.717, 1.165) is 0 Å². The maximum absolute atomic E-state index is 12.2. The van der Waals surface area contributed by atoms with E-state index >= 15 is 0 Å². The van der Waals surface area contributed by atoms with Crippen LogP contribution in [0.4, 0.5) is 19.3 Å². The lowest BCUT2D eigenvalue weighted by Crippen LogP contribution is -2.40. The molecule has 0 aliphatic heterocycles. The fourth-order valence-corrected chi connectivity index (χ4v) is 2.63. The Morgan fingerprint density at radius 2 is 2.22 bits per heavy atom. The molecule has 0 spiro atoms. The van der Waals surface area contributed by atoms with Gasteiger partial charge in [0.1, 0.15) is 11.4 Å². The van der Waals surface area contributed by atoms with E-state index < -0.39 is 18.2 Å². The third-order valence-electron chi connectivity index (χ3n) is 3.05. The van der Waals surface area contributed by atoms with E-state index in [1.54, 1.807) is 18.4 Å². The molecule has 1 heterocycles. The number of carbonyl (C=O) groups excluding carboxylic acids is 1. The van der Waals surface area contributed by atoms with Crippen LogP contribution in [0.5, 0.6) is 5.75 Å². The van der Waals surface area contributed by atoms with Crippen molar-refractivity contribution < 1.29 is 23.4 Å². The number of benzene rings is 1. The Labute approximate surface area is 135 Å². The molecule has 2 amide bonds. The van der Waals surface area contributed by atoms with Gasteiger partial charge in [-0.25, -0.2) is 4.79 Å². The van der Waals surface area contributed by atoms with E-state index in [1.807, 2.05) is 5.38 Å². The summed E-state index contributed by atoms with van der Waals surface area (Å²) in [5.74, 6) is -0.0527. The minimum absolute atomic E-state index is 0.00277. The number of aliphatic hydroxyl groups is 1. The highest BCUT2D eigenvalue weighted by atomic mass is 32.1. The van der Waals surface area contributed by atoms with Gasteiger partial charge >= 0.3 is 12.6 Å². The highest BCUT2D eigenvalue weighted by Crippen LogP contribution is 2.22. The largest absolute Gasteiger partial charge is 0.435 e. The van der Waals surface area contributed by atoms with Crippen molar-refractivity contribution in [3.8, 4) is 5.75 Å². The molecule has 0 saturated heterocycles. The molecule has 0 fully saturated rings. The second kappa shape index (κ2) is 7.38. The summed E-state index contributed by atoms with van der Waals surface area (Å²) < 4.78 is 28.6.